The minimum Gasteiger partial charge on any atom is -0.492 e. The molecule has 3 N–H and O–H groups in total. The zero-order valence-corrected chi connectivity index (χ0v) is 26.7. The number of amides is 1. The first-order chi connectivity index (χ1) is 22.1. The first-order valence-corrected chi connectivity index (χ1v) is 14.9. The van der Waals surface area contributed by atoms with Crippen LogP contribution in [0, 0.1) is 5.82 Å². The van der Waals surface area contributed by atoms with E-state index in [1.807, 2.05) is 18.7 Å². The number of anilines is 1. The summed E-state index contributed by atoms with van der Waals surface area (Å²) in [4.78, 5) is 43.8. The second-order valence-electron chi connectivity index (χ2n) is 11.1. The number of hydrogen-bond donors (Lipinski definition) is 3. The number of ether oxygens (including phenoxy) is 2. The van der Waals surface area contributed by atoms with E-state index in [-0.39, 0.29) is 53.7 Å². The van der Waals surface area contributed by atoms with Crippen LogP contribution in [0.25, 0.3) is 10.9 Å². The monoisotopic (exact) mass is 701 g/mol. The molecule has 47 heavy (non-hydrogen) atoms. The Bertz CT molecular complexity index is 1920. The second-order valence-corrected chi connectivity index (χ2v) is 11.9. The lowest BCUT2D eigenvalue weighted by Crippen LogP contribution is -2.56. The van der Waals surface area contributed by atoms with Crippen molar-refractivity contribution in [1.29, 1.82) is 0 Å². The number of carbonyl (C=O) groups is 1. The minimum atomic E-state index is -4.78. The highest BCUT2D eigenvalue weighted by Crippen LogP contribution is 2.41. The molecule has 1 aliphatic heterocycles. The predicted molar refractivity (Wildman–Crippen MR) is 166 cm³/mol. The molecule has 0 saturated carbocycles. The third-order valence-corrected chi connectivity index (χ3v) is 8.29. The fraction of sp³-hybridized carbons (Fsp3) is 0.379. The molecule has 2 aromatic heterocycles. The van der Waals surface area contributed by atoms with E-state index in [9.17, 15) is 27.6 Å². The first kappa shape index (κ1) is 34.1. The van der Waals surface area contributed by atoms with E-state index in [1.165, 1.54) is 12.1 Å². The standard InChI is InChI=1S/C29H29Cl2F4N7O5/c1-14-9-40(10-15(2)42(14)12-22-37-27(44)39-38-22)24-20(32)7-18-23(26(24)46-3)41(13-29(33,34)35)11-21(25(18)43)47-28(45)36-8-16-4-5-17(30)6-19(16)31/h4-7,11,14-15H,8-10,12-13H2,1-3H3,(H,36,45)(H2,37,38,39,44). The fourth-order valence-electron chi connectivity index (χ4n) is 5.71. The van der Waals surface area contributed by atoms with E-state index in [0.29, 0.717) is 27.5 Å². The number of nitrogens with one attached hydrogen (secondary N) is 3. The molecule has 3 heterocycles. The van der Waals surface area contributed by atoms with E-state index in [1.54, 1.807) is 11.0 Å². The summed E-state index contributed by atoms with van der Waals surface area (Å²) >= 11 is 12.0. The Hall–Kier alpha value is -4.28. The summed E-state index contributed by atoms with van der Waals surface area (Å²) in [5.41, 5.74) is -1.48. The molecule has 5 rings (SSSR count). The maximum Gasteiger partial charge on any atom is 0.413 e. The number of halogens is 6. The summed E-state index contributed by atoms with van der Waals surface area (Å²) < 4.78 is 68.7. The zero-order valence-electron chi connectivity index (χ0n) is 25.2. The van der Waals surface area contributed by atoms with Crippen molar-refractivity contribution in [2.24, 2.45) is 0 Å². The smallest absolute Gasteiger partial charge is 0.413 e. The van der Waals surface area contributed by atoms with Crippen LogP contribution >= 0.6 is 23.2 Å². The molecule has 2 aromatic carbocycles. The molecule has 0 bridgehead atoms. The number of hydrogen-bond acceptors (Lipinski definition) is 8. The Kier molecular flexibility index (Phi) is 9.75. The lowest BCUT2D eigenvalue weighted by molar-refractivity contribution is -0.140. The lowest BCUT2D eigenvalue weighted by Gasteiger charge is -2.45. The number of alkyl halides is 3. The molecular weight excluding hydrogens is 673 g/mol. The maximum absolute atomic E-state index is 16.0. The average Bonchev–Trinajstić information content (AvgIpc) is 3.39. The van der Waals surface area contributed by atoms with Gasteiger partial charge < -0.3 is 24.3 Å². The van der Waals surface area contributed by atoms with Crippen LogP contribution in [-0.2, 0) is 19.6 Å². The van der Waals surface area contributed by atoms with Gasteiger partial charge in [-0.3, -0.25) is 14.7 Å². The highest BCUT2D eigenvalue weighted by Gasteiger charge is 2.35. The zero-order chi connectivity index (χ0) is 34.2. The molecule has 0 radical (unpaired) electrons. The quantitative estimate of drug-likeness (QED) is 0.223. The van der Waals surface area contributed by atoms with Gasteiger partial charge in [-0.25, -0.2) is 19.1 Å². The van der Waals surface area contributed by atoms with E-state index in [2.05, 4.69) is 20.5 Å². The van der Waals surface area contributed by atoms with Gasteiger partial charge in [0.2, 0.25) is 5.43 Å². The Morgan fingerprint density at radius 3 is 2.45 bits per heavy atom. The summed E-state index contributed by atoms with van der Waals surface area (Å²) in [6, 6.07) is 4.90. The summed E-state index contributed by atoms with van der Waals surface area (Å²) in [6.45, 7) is 2.73. The molecule has 1 fully saturated rings. The van der Waals surface area contributed by atoms with Gasteiger partial charge in [0, 0.05) is 41.8 Å². The van der Waals surface area contributed by atoms with Crippen molar-refractivity contribution in [1.82, 2.24) is 30.0 Å². The maximum atomic E-state index is 16.0. The van der Waals surface area contributed by atoms with Gasteiger partial charge in [-0.15, -0.1) is 0 Å². The van der Waals surface area contributed by atoms with Crippen LogP contribution in [0.1, 0.15) is 25.2 Å². The Labute approximate surface area is 274 Å². The molecule has 1 amide bonds. The summed E-state index contributed by atoms with van der Waals surface area (Å²) in [5, 5.41) is 8.74. The third-order valence-electron chi connectivity index (χ3n) is 7.71. The number of pyridine rings is 1. The molecule has 252 valence electrons. The number of benzene rings is 2. The number of methoxy groups -OCH3 is 1. The summed E-state index contributed by atoms with van der Waals surface area (Å²) in [6.07, 6.45) is -5.20. The predicted octanol–water partition coefficient (Wildman–Crippen LogP) is 4.82. The van der Waals surface area contributed by atoms with Crippen LogP contribution in [0.2, 0.25) is 10.0 Å². The average molecular weight is 702 g/mol. The van der Waals surface area contributed by atoms with Crippen molar-refractivity contribution >= 4 is 45.9 Å². The largest absolute Gasteiger partial charge is 0.492 e. The van der Waals surface area contributed by atoms with Crippen molar-refractivity contribution in [3.05, 3.63) is 78.4 Å². The van der Waals surface area contributed by atoms with Gasteiger partial charge in [-0.05, 0) is 37.6 Å². The number of fused-ring (bicyclic) bond motifs is 1. The van der Waals surface area contributed by atoms with Crippen molar-refractivity contribution in [3.8, 4) is 11.5 Å². The van der Waals surface area contributed by atoms with Gasteiger partial charge >= 0.3 is 18.0 Å². The van der Waals surface area contributed by atoms with Crippen LogP contribution in [0.3, 0.4) is 0 Å². The van der Waals surface area contributed by atoms with E-state index in [0.717, 1.165) is 19.4 Å². The summed E-state index contributed by atoms with van der Waals surface area (Å²) in [5.74, 6) is -1.57. The van der Waals surface area contributed by atoms with Gasteiger partial charge in [0.25, 0.3) is 0 Å². The topological polar surface area (TPSA) is 138 Å². The number of nitrogens with zero attached hydrogens (tertiary/aromatic N) is 4. The summed E-state index contributed by atoms with van der Waals surface area (Å²) in [7, 11) is 1.16. The molecule has 12 nitrogen and oxygen atoms in total. The number of carbonyl (C=O) groups excluding carboxylic acids is 1. The highest BCUT2D eigenvalue weighted by atomic mass is 35.5. The lowest BCUT2D eigenvalue weighted by atomic mass is 10.0. The van der Waals surface area contributed by atoms with Crippen LogP contribution in [0.5, 0.6) is 11.5 Å². The van der Waals surface area contributed by atoms with Crippen molar-refractivity contribution in [2.45, 2.75) is 51.7 Å². The van der Waals surface area contributed by atoms with Crippen LogP contribution in [0.4, 0.5) is 28.0 Å². The van der Waals surface area contributed by atoms with Gasteiger partial charge in [0.15, 0.2) is 17.3 Å². The molecule has 1 saturated heterocycles. The normalized spacial score (nSPS) is 17.3. The van der Waals surface area contributed by atoms with Crippen molar-refractivity contribution < 1.29 is 31.8 Å². The first-order valence-electron chi connectivity index (χ1n) is 14.2. The fourth-order valence-corrected chi connectivity index (χ4v) is 6.19. The molecule has 4 aromatic rings. The molecule has 2 unspecified atom stereocenters. The van der Waals surface area contributed by atoms with Gasteiger partial charge in [0.1, 0.15) is 18.1 Å². The number of aromatic nitrogens is 4. The van der Waals surface area contributed by atoms with Gasteiger partial charge in [0.05, 0.1) is 30.8 Å². The number of piperazine rings is 1. The van der Waals surface area contributed by atoms with Gasteiger partial charge in [-0.1, -0.05) is 29.3 Å². The van der Waals surface area contributed by atoms with Crippen LogP contribution in [-0.4, -0.2) is 69.2 Å². The Morgan fingerprint density at radius 2 is 1.85 bits per heavy atom. The van der Waals surface area contributed by atoms with Crippen LogP contribution < -0.4 is 30.8 Å². The molecule has 18 heteroatoms. The second kappa shape index (κ2) is 13.4. The number of aromatic amines is 2. The van der Waals surface area contributed by atoms with Gasteiger partial charge in [-0.2, -0.15) is 18.3 Å². The molecule has 0 aliphatic carbocycles. The molecular formula is C29H29Cl2F4N7O5. The van der Waals surface area contributed by atoms with Crippen molar-refractivity contribution in [3.63, 3.8) is 0 Å². The van der Waals surface area contributed by atoms with Crippen molar-refractivity contribution in [2.75, 3.05) is 25.1 Å². The SMILES string of the molecule is COc1c(N2CC(C)N(Cc3n[nH]c(=O)[nH]3)C(C)C2)c(F)cc2c(=O)c(OC(=O)NCc3ccc(Cl)cc3Cl)cn(CC(F)(F)F)c12. The third kappa shape index (κ3) is 7.49. The van der Waals surface area contributed by atoms with E-state index in [4.69, 9.17) is 32.7 Å². The molecule has 2 atom stereocenters. The number of H-pyrrole nitrogens is 2. The Morgan fingerprint density at radius 1 is 1.15 bits per heavy atom. The molecule has 1 aliphatic rings. The highest BCUT2D eigenvalue weighted by molar-refractivity contribution is 6.35. The van der Waals surface area contributed by atoms with Crippen LogP contribution in [0.15, 0.2) is 40.1 Å². The Balaban J connectivity index is 1.49. The molecule has 0 spiro atoms. The minimum absolute atomic E-state index is 0.131. The number of rotatable bonds is 8. The van der Waals surface area contributed by atoms with E-state index < -0.39 is 46.9 Å². The van der Waals surface area contributed by atoms with E-state index >= 15 is 4.39 Å².